The minimum Gasteiger partial charge on any atom is -0.480 e. The zero-order valence-corrected chi connectivity index (χ0v) is 11.2. The maximum absolute atomic E-state index is 12.1. The fourth-order valence-corrected chi connectivity index (χ4v) is 2.22. The molecule has 3 rings (SSSR count). The fourth-order valence-electron chi connectivity index (χ4n) is 2.22. The van der Waals surface area contributed by atoms with Crippen molar-refractivity contribution in [3.8, 4) is 5.75 Å². The second-order valence-electron chi connectivity index (χ2n) is 4.79. The molecule has 2 heterocycles. The van der Waals surface area contributed by atoms with E-state index in [-0.39, 0.29) is 12.5 Å². The van der Waals surface area contributed by atoms with E-state index in [1.165, 1.54) is 6.20 Å². The molecule has 0 spiro atoms. The number of carbonyl (C=O) groups is 1. The molecule has 2 N–H and O–H groups in total. The lowest BCUT2D eigenvalue weighted by Crippen LogP contribution is -2.39. The molecule has 0 saturated carbocycles. The summed E-state index contributed by atoms with van der Waals surface area (Å²) in [5.41, 5.74) is 8.45. The standard InChI is InChI=1S/C15H15N3O2/c1-10-4-2-3-5-11(10)8-18-14(19)9-20-13-6-12(16)7-17-15(13)18/h2-7H,8-9,16H2,1H3. The van der Waals surface area contributed by atoms with Crippen molar-refractivity contribution in [1.82, 2.24) is 4.98 Å². The van der Waals surface area contributed by atoms with Crippen LogP contribution in [0.2, 0.25) is 0 Å². The fraction of sp³-hybridized carbons (Fsp3) is 0.200. The van der Waals surface area contributed by atoms with Crippen LogP contribution in [0.4, 0.5) is 11.5 Å². The van der Waals surface area contributed by atoms with Gasteiger partial charge in [-0.05, 0) is 18.1 Å². The minimum atomic E-state index is -0.0991. The summed E-state index contributed by atoms with van der Waals surface area (Å²) in [5.74, 6) is 0.981. The monoisotopic (exact) mass is 269 g/mol. The van der Waals surface area contributed by atoms with E-state index in [4.69, 9.17) is 10.5 Å². The number of nitrogens with zero attached hydrogens (tertiary/aromatic N) is 2. The van der Waals surface area contributed by atoms with Crippen LogP contribution in [-0.4, -0.2) is 17.5 Å². The van der Waals surface area contributed by atoms with Crippen LogP contribution in [0.25, 0.3) is 0 Å². The number of hydrogen-bond donors (Lipinski definition) is 1. The first-order valence-electron chi connectivity index (χ1n) is 6.38. The largest absolute Gasteiger partial charge is 0.480 e. The highest BCUT2D eigenvalue weighted by Gasteiger charge is 2.27. The average molecular weight is 269 g/mol. The second-order valence-corrected chi connectivity index (χ2v) is 4.79. The number of nitrogens with two attached hydrogens (primary N) is 1. The number of amides is 1. The number of benzene rings is 1. The first-order chi connectivity index (χ1) is 9.65. The molecule has 5 nitrogen and oxygen atoms in total. The predicted molar refractivity (Wildman–Crippen MR) is 76.5 cm³/mol. The number of anilines is 2. The first kappa shape index (κ1) is 12.5. The van der Waals surface area contributed by atoms with Crippen LogP contribution in [0, 0.1) is 6.92 Å². The van der Waals surface area contributed by atoms with E-state index in [2.05, 4.69) is 4.98 Å². The highest BCUT2D eigenvalue weighted by atomic mass is 16.5. The van der Waals surface area contributed by atoms with Crippen molar-refractivity contribution in [3.05, 3.63) is 47.7 Å². The van der Waals surface area contributed by atoms with Crippen molar-refractivity contribution in [1.29, 1.82) is 0 Å². The SMILES string of the molecule is Cc1ccccc1CN1C(=O)COc2cc(N)cnc21. The molecule has 0 aliphatic carbocycles. The Morgan fingerprint density at radius 1 is 1.40 bits per heavy atom. The van der Waals surface area contributed by atoms with E-state index < -0.39 is 0 Å². The molecule has 102 valence electrons. The highest BCUT2D eigenvalue weighted by molar-refractivity contribution is 5.96. The van der Waals surface area contributed by atoms with Gasteiger partial charge in [-0.2, -0.15) is 0 Å². The predicted octanol–water partition coefficient (Wildman–Crippen LogP) is 1.90. The van der Waals surface area contributed by atoms with Crippen molar-refractivity contribution in [3.63, 3.8) is 0 Å². The zero-order valence-electron chi connectivity index (χ0n) is 11.2. The van der Waals surface area contributed by atoms with Gasteiger partial charge in [0.05, 0.1) is 18.4 Å². The Labute approximate surface area is 117 Å². The summed E-state index contributed by atoms with van der Waals surface area (Å²) in [5, 5.41) is 0. The molecule has 1 aliphatic heterocycles. The summed E-state index contributed by atoms with van der Waals surface area (Å²) in [6, 6.07) is 9.67. The molecular weight excluding hydrogens is 254 g/mol. The molecule has 5 heteroatoms. The molecule has 20 heavy (non-hydrogen) atoms. The van der Waals surface area contributed by atoms with Gasteiger partial charge in [0.15, 0.2) is 18.2 Å². The summed E-state index contributed by atoms with van der Waals surface area (Å²) in [4.78, 5) is 18.0. The Morgan fingerprint density at radius 3 is 3.00 bits per heavy atom. The molecular formula is C15H15N3O2. The molecule has 1 aliphatic rings. The van der Waals surface area contributed by atoms with Crippen molar-refractivity contribution in [2.24, 2.45) is 0 Å². The maximum atomic E-state index is 12.1. The topological polar surface area (TPSA) is 68.5 Å². The summed E-state index contributed by atoms with van der Waals surface area (Å²) in [7, 11) is 0. The van der Waals surface area contributed by atoms with Gasteiger partial charge in [0.2, 0.25) is 0 Å². The maximum Gasteiger partial charge on any atom is 0.266 e. The van der Waals surface area contributed by atoms with Crippen LogP contribution >= 0.6 is 0 Å². The molecule has 1 aromatic carbocycles. The molecule has 0 fully saturated rings. The van der Waals surface area contributed by atoms with E-state index in [0.717, 1.165) is 11.1 Å². The summed E-state index contributed by atoms with van der Waals surface area (Å²) < 4.78 is 5.38. The molecule has 0 unspecified atom stereocenters. The Bertz CT molecular complexity index is 670. The van der Waals surface area contributed by atoms with Crippen molar-refractivity contribution < 1.29 is 9.53 Å². The molecule has 0 saturated heterocycles. The van der Waals surface area contributed by atoms with Gasteiger partial charge in [-0.15, -0.1) is 0 Å². The third-order valence-electron chi connectivity index (χ3n) is 3.35. The third kappa shape index (κ3) is 2.18. The van der Waals surface area contributed by atoms with Crippen molar-refractivity contribution >= 4 is 17.4 Å². The number of hydrogen-bond acceptors (Lipinski definition) is 4. The molecule has 2 aromatic rings. The van der Waals surface area contributed by atoms with E-state index >= 15 is 0 Å². The van der Waals surface area contributed by atoms with Crippen LogP contribution in [-0.2, 0) is 11.3 Å². The van der Waals surface area contributed by atoms with Crippen LogP contribution in [0.15, 0.2) is 36.5 Å². The van der Waals surface area contributed by atoms with Gasteiger partial charge < -0.3 is 10.5 Å². The number of aryl methyl sites for hydroxylation is 1. The van der Waals surface area contributed by atoms with Gasteiger partial charge in [0.25, 0.3) is 5.91 Å². The lowest BCUT2D eigenvalue weighted by atomic mass is 10.1. The molecule has 0 radical (unpaired) electrons. The Kier molecular flexibility index (Phi) is 3.02. The molecule has 0 atom stereocenters. The van der Waals surface area contributed by atoms with E-state index in [1.54, 1.807) is 11.0 Å². The number of ether oxygens (including phenoxy) is 1. The first-order valence-corrected chi connectivity index (χ1v) is 6.38. The summed E-state index contributed by atoms with van der Waals surface area (Å²) in [6.45, 7) is 2.53. The van der Waals surface area contributed by atoms with Gasteiger partial charge in [-0.3, -0.25) is 9.69 Å². The lowest BCUT2D eigenvalue weighted by Gasteiger charge is -2.28. The minimum absolute atomic E-state index is 0.0179. The molecule has 1 amide bonds. The zero-order chi connectivity index (χ0) is 14.1. The lowest BCUT2D eigenvalue weighted by molar-refractivity contribution is -0.121. The number of pyridine rings is 1. The highest BCUT2D eigenvalue weighted by Crippen LogP contribution is 2.32. The van der Waals surface area contributed by atoms with E-state index in [1.807, 2.05) is 31.2 Å². The molecule has 0 bridgehead atoms. The normalized spacial score (nSPS) is 13.8. The van der Waals surface area contributed by atoms with Crippen LogP contribution in [0.5, 0.6) is 5.75 Å². The van der Waals surface area contributed by atoms with Crippen LogP contribution < -0.4 is 15.4 Å². The number of aromatic nitrogens is 1. The van der Waals surface area contributed by atoms with Crippen molar-refractivity contribution in [2.75, 3.05) is 17.2 Å². The second kappa shape index (κ2) is 4.85. The summed E-state index contributed by atoms with van der Waals surface area (Å²) >= 11 is 0. The Hall–Kier alpha value is -2.56. The number of nitrogen functional groups attached to an aromatic ring is 1. The number of carbonyl (C=O) groups excluding carboxylic acids is 1. The van der Waals surface area contributed by atoms with Gasteiger partial charge in [0.1, 0.15) is 0 Å². The number of fused-ring (bicyclic) bond motifs is 1. The average Bonchev–Trinajstić information content (AvgIpc) is 2.44. The summed E-state index contributed by atoms with van der Waals surface area (Å²) in [6.07, 6.45) is 1.53. The van der Waals surface area contributed by atoms with E-state index in [0.29, 0.717) is 23.8 Å². The van der Waals surface area contributed by atoms with Crippen LogP contribution in [0.1, 0.15) is 11.1 Å². The van der Waals surface area contributed by atoms with Gasteiger partial charge in [0, 0.05) is 6.07 Å². The molecule has 1 aromatic heterocycles. The van der Waals surface area contributed by atoms with Gasteiger partial charge >= 0.3 is 0 Å². The number of rotatable bonds is 2. The van der Waals surface area contributed by atoms with Gasteiger partial charge in [-0.25, -0.2) is 4.98 Å². The van der Waals surface area contributed by atoms with Crippen LogP contribution in [0.3, 0.4) is 0 Å². The Morgan fingerprint density at radius 2 is 2.20 bits per heavy atom. The third-order valence-corrected chi connectivity index (χ3v) is 3.35. The quantitative estimate of drug-likeness (QED) is 0.904. The smallest absolute Gasteiger partial charge is 0.266 e. The van der Waals surface area contributed by atoms with Crippen molar-refractivity contribution in [2.45, 2.75) is 13.5 Å². The van der Waals surface area contributed by atoms with E-state index in [9.17, 15) is 4.79 Å². The Balaban J connectivity index is 1.97. The van der Waals surface area contributed by atoms with Gasteiger partial charge in [-0.1, -0.05) is 24.3 Å².